The zero-order valence-corrected chi connectivity index (χ0v) is 9.67. The highest BCUT2D eigenvalue weighted by Gasteiger charge is 2.17. The summed E-state index contributed by atoms with van der Waals surface area (Å²) in [5, 5.41) is 1.04. The third-order valence-electron chi connectivity index (χ3n) is 2.26. The number of carbonyl (C=O) groups is 1. The molecule has 0 spiro atoms. The van der Waals surface area contributed by atoms with Gasteiger partial charge >= 0.3 is 0 Å². The minimum absolute atomic E-state index is 0.313. The van der Waals surface area contributed by atoms with Crippen molar-refractivity contribution in [1.82, 2.24) is 0 Å². The molecule has 1 amide bonds. The minimum atomic E-state index is -0.313. The van der Waals surface area contributed by atoms with E-state index >= 15 is 0 Å². The Balaban J connectivity index is 2.29. The Morgan fingerprint density at radius 2 is 1.47 bits per heavy atom. The third-order valence-corrected chi connectivity index (χ3v) is 2.40. The van der Waals surface area contributed by atoms with Crippen LogP contribution >= 0.6 is 11.9 Å². The number of anilines is 1. The number of amides is 1. The maximum absolute atomic E-state index is 12.1. The molecule has 17 heavy (non-hydrogen) atoms. The van der Waals surface area contributed by atoms with E-state index in [1.54, 1.807) is 48.5 Å². The van der Waals surface area contributed by atoms with Crippen molar-refractivity contribution in [2.24, 2.45) is 0 Å². The van der Waals surface area contributed by atoms with Crippen molar-refractivity contribution < 1.29 is 9.18 Å². The molecule has 0 aromatic heterocycles. The molecule has 0 heterocycles. The summed E-state index contributed by atoms with van der Waals surface area (Å²) in [5.74, 6) is -0.313. The van der Waals surface area contributed by atoms with Crippen molar-refractivity contribution in [3.05, 3.63) is 66.2 Å². The number of carbonyl (C=O) groups excluding carboxylic acids is 1. The number of nitrogens with zero attached hydrogens (tertiary/aromatic N) is 1. The molecule has 0 bridgehead atoms. The first-order valence-electron chi connectivity index (χ1n) is 5.06. The van der Waals surface area contributed by atoms with Crippen LogP contribution in [0, 0.1) is 0 Å². The van der Waals surface area contributed by atoms with E-state index in [0.717, 1.165) is 5.06 Å². The summed E-state index contributed by atoms with van der Waals surface area (Å²) >= 11 is 5.35. The highest BCUT2D eigenvalue weighted by atomic mass is 35.5. The van der Waals surface area contributed by atoms with Gasteiger partial charge < -0.3 is 0 Å². The van der Waals surface area contributed by atoms with Crippen LogP contribution in [0.3, 0.4) is 0 Å². The first-order chi connectivity index (χ1) is 8.33. The van der Waals surface area contributed by atoms with Gasteiger partial charge in [-0.15, -0.1) is 0 Å². The van der Waals surface area contributed by atoms with Crippen LogP contribution in [-0.4, -0.2) is 5.91 Å². The molecule has 0 radical (unpaired) electrons. The van der Waals surface area contributed by atoms with E-state index in [4.69, 9.17) is 11.9 Å². The van der Waals surface area contributed by atoms with Gasteiger partial charge in [0.25, 0.3) is 5.91 Å². The molecule has 0 aliphatic heterocycles. The molecular formula is C13H10ClNO2. The Bertz CT molecular complexity index is 487. The molecule has 0 saturated heterocycles. The Labute approximate surface area is 104 Å². The first kappa shape index (κ1) is 11.6. The maximum atomic E-state index is 12.1. The van der Waals surface area contributed by atoms with Gasteiger partial charge in [-0.1, -0.05) is 36.4 Å². The lowest BCUT2D eigenvalue weighted by Gasteiger charge is -2.17. The van der Waals surface area contributed by atoms with Crippen LogP contribution in [0.5, 0.6) is 0 Å². The number of rotatable bonds is 3. The third kappa shape index (κ3) is 2.64. The van der Waals surface area contributed by atoms with Gasteiger partial charge in [-0.05, 0) is 24.3 Å². The fourth-order valence-electron chi connectivity index (χ4n) is 1.45. The molecule has 2 aromatic rings. The molecule has 0 fully saturated rings. The van der Waals surface area contributed by atoms with Gasteiger partial charge in [-0.3, -0.25) is 4.79 Å². The number of hydrogen-bond donors (Lipinski definition) is 0. The monoisotopic (exact) mass is 247 g/mol. The summed E-state index contributed by atoms with van der Waals surface area (Å²) < 4.78 is 4.61. The van der Waals surface area contributed by atoms with E-state index in [0.29, 0.717) is 11.3 Å². The average Bonchev–Trinajstić information content (AvgIpc) is 2.42. The van der Waals surface area contributed by atoms with Gasteiger partial charge in [-0.25, -0.2) is 0 Å². The van der Waals surface area contributed by atoms with Crippen molar-refractivity contribution >= 4 is 23.5 Å². The normalized spacial score (nSPS) is 9.94. The molecule has 0 aliphatic rings. The fourth-order valence-corrected chi connectivity index (χ4v) is 1.59. The number of hydrogen-bond acceptors (Lipinski definition) is 2. The van der Waals surface area contributed by atoms with E-state index in [1.807, 2.05) is 12.1 Å². The van der Waals surface area contributed by atoms with Crippen LogP contribution < -0.4 is 5.06 Å². The number of halogens is 1. The summed E-state index contributed by atoms with van der Waals surface area (Å²) in [4.78, 5) is 12.1. The molecule has 0 N–H and O–H groups in total. The Morgan fingerprint density at radius 1 is 0.941 bits per heavy atom. The predicted octanol–water partition coefficient (Wildman–Crippen LogP) is 3.42. The average molecular weight is 248 g/mol. The lowest BCUT2D eigenvalue weighted by atomic mass is 10.2. The topological polar surface area (TPSA) is 29.5 Å². The quantitative estimate of drug-likeness (QED) is 0.778. The van der Waals surface area contributed by atoms with Crippen LogP contribution in [0.2, 0.25) is 0 Å². The molecule has 0 atom stereocenters. The number of hydroxylamine groups is 1. The molecule has 0 aliphatic carbocycles. The Kier molecular flexibility index (Phi) is 3.75. The summed E-state index contributed by atoms with van der Waals surface area (Å²) in [6.45, 7) is 0. The van der Waals surface area contributed by atoms with Gasteiger partial charge in [0.15, 0.2) is 0 Å². The van der Waals surface area contributed by atoms with Gasteiger partial charge in [0, 0.05) is 5.56 Å². The summed E-state index contributed by atoms with van der Waals surface area (Å²) in [6.07, 6.45) is 0. The molecule has 2 aromatic carbocycles. The Morgan fingerprint density at radius 3 is 2.00 bits per heavy atom. The first-order valence-corrected chi connectivity index (χ1v) is 5.37. The zero-order chi connectivity index (χ0) is 12.1. The van der Waals surface area contributed by atoms with Gasteiger partial charge in [0.1, 0.15) is 0 Å². The standard InChI is InChI=1S/C13H10ClNO2/c14-17-15(12-9-5-2-6-10-12)13(16)11-7-3-1-4-8-11/h1-10H. The summed E-state index contributed by atoms with van der Waals surface area (Å²) in [6, 6.07) is 17.7. The molecular weight excluding hydrogens is 238 g/mol. The largest absolute Gasteiger partial charge is 0.283 e. The second kappa shape index (κ2) is 5.48. The van der Waals surface area contributed by atoms with E-state index in [2.05, 4.69) is 4.39 Å². The zero-order valence-electron chi connectivity index (χ0n) is 8.92. The predicted molar refractivity (Wildman–Crippen MR) is 66.6 cm³/mol. The summed E-state index contributed by atoms with van der Waals surface area (Å²) in [5.41, 5.74) is 1.09. The van der Waals surface area contributed by atoms with Crippen molar-refractivity contribution in [1.29, 1.82) is 0 Å². The smallest absolute Gasteiger partial charge is 0.266 e. The van der Waals surface area contributed by atoms with E-state index < -0.39 is 0 Å². The maximum Gasteiger partial charge on any atom is 0.283 e. The van der Waals surface area contributed by atoms with Crippen LogP contribution in [0.25, 0.3) is 0 Å². The van der Waals surface area contributed by atoms with Gasteiger partial charge in [0.05, 0.1) is 17.6 Å². The van der Waals surface area contributed by atoms with E-state index in [-0.39, 0.29) is 5.91 Å². The lowest BCUT2D eigenvalue weighted by molar-refractivity contribution is 0.0890. The lowest BCUT2D eigenvalue weighted by Crippen LogP contribution is -2.27. The van der Waals surface area contributed by atoms with Crippen LogP contribution in [0.1, 0.15) is 10.4 Å². The van der Waals surface area contributed by atoms with Crippen molar-refractivity contribution in [2.45, 2.75) is 0 Å². The Hall–Kier alpha value is -1.84. The number of benzene rings is 2. The second-order valence-electron chi connectivity index (χ2n) is 3.37. The van der Waals surface area contributed by atoms with Crippen LogP contribution in [0.4, 0.5) is 5.69 Å². The van der Waals surface area contributed by atoms with E-state index in [1.165, 1.54) is 0 Å². The van der Waals surface area contributed by atoms with Crippen molar-refractivity contribution in [3.63, 3.8) is 0 Å². The molecule has 3 nitrogen and oxygen atoms in total. The van der Waals surface area contributed by atoms with Gasteiger partial charge in [0.2, 0.25) is 0 Å². The van der Waals surface area contributed by atoms with Gasteiger partial charge in [-0.2, -0.15) is 9.45 Å². The van der Waals surface area contributed by atoms with Crippen LogP contribution in [0.15, 0.2) is 60.7 Å². The van der Waals surface area contributed by atoms with E-state index in [9.17, 15) is 4.79 Å². The summed E-state index contributed by atoms with van der Waals surface area (Å²) in [7, 11) is 0. The molecule has 86 valence electrons. The fraction of sp³-hybridized carbons (Fsp3) is 0. The highest BCUT2D eigenvalue weighted by molar-refractivity contribution is 6.12. The highest BCUT2D eigenvalue weighted by Crippen LogP contribution is 2.18. The van der Waals surface area contributed by atoms with Crippen molar-refractivity contribution in [3.8, 4) is 0 Å². The minimum Gasteiger partial charge on any atom is -0.266 e. The molecule has 2 rings (SSSR count). The van der Waals surface area contributed by atoms with Crippen molar-refractivity contribution in [2.75, 3.05) is 5.06 Å². The number of para-hydroxylation sites is 1. The van der Waals surface area contributed by atoms with Crippen LogP contribution in [-0.2, 0) is 4.39 Å². The molecule has 0 saturated carbocycles. The second-order valence-corrected chi connectivity index (χ2v) is 3.51. The molecule has 0 unspecified atom stereocenters. The SMILES string of the molecule is O=C(c1ccccc1)N(OCl)c1ccccc1. The molecule has 4 heteroatoms.